The Hall–Kier alpha value is -8.36. The maximum Gasteiger partial charge on any atom is 0.200 e. The van der Waals surface area contributed by atoms with Crippen molar-refractivity contribution in [1.29, 1.82) is 0 Å². The molecule has 0 saturated carbocycles. The normalized spacial score (nSPS) is 12.3. The molecule has 1 aliphatic rings. The maximum absolute atomic E-state index is 16.7. The van der Waals surface area contributed by atoms with Crippen LogP contribution >= 0.6 is 0 Å². The molecule has 4 aromatic carbocycles. The molecule has 1 aliphatic heterocycles. The number of rotatable bonds is 6. The van der Waals surface area contributed by atoms with Gasteiger partial charge in [-0.15, -0.1) is 0 Å². The molecule has 0 radical (unpaired) electrons. The molecule has 350 valence electrons. The molecule has 0 spiro atoms. The van der Waals surface area contributed by atoms with Crippen molar-refractivity contribution in [2.45, 2.75) is 6.92 Å². The summed E-state index contributed by atoms with van der Waals surface area (Å²) >= 11 is 0. The molecule has 6 bridgehead atoms. The number of nitrogens with zero attached hydrogens (tertiary/aromatic N) is 4. The number of aromatic amines is 1. The summed E-state index contributed by atoms with van der Waals surface area (Å²) in [4.78, 5) is 16.3. The molecule has 0 atom stereocenters. The van der Waals surface area contributed by atoms with Gasteiger partial charge in [-0.2, -0.15) is 0 Å². The Labute approximate surface area is 379 Å². The van der Waals surface area contributed by atoms with E-state index < -0.39 is 160 Å². The van der Waals surface area contributed by atoms with Crippen molar-refractivity contribution in [3.63, 3.8) is 0 Å². The lowest BCUT2D eigenvalue weighted by Gasteiger charge is -2.14. The van der Waals surface area contributed by atoms with Crippen molar-refractivity contribution in [1.82, 2.24) is 24.3 Å². The van der Waals surface area contributed by atoms with Crippen molar-refractivity contribution in [3.05, 3.63) is 160 Å². The van der Waals surface area contributed by atoms with Crippen molar-refractivity contribution in [2.24, 2.45) is 0 Å². The van der Waals surface area contributed by atoms with E-state index in [0.29, 0.717) is 12.2 Å². The second-order valence-electron chi connectivity index (χ2n) is 15.8. The first-order chi connectivity index (χ1) is 33.4. The van der Waals surface area contributed by atoms with Crippen molar-refractivity contribution >= 4 is 67.2 Å². The third-order valence-corrected chi connectivity index (χ3v) is 12.0. The summed E-state index contributed by atoms with van der Waals surface area (Å²) < 4.78 is 237. The van der Waals surface area contributed by atoms with Gasteiger partial charge in [-0.3, -0.25) is 0 Å². The van der Waals surface area contributed by atoms with Crippen molar-refractivity contribution < 1.29 is 65.9 Å². The Morgan fingerprint density at radius 3 is 1.36 bits per heavy atom. The highest BCUT2D eigenvalue weighted by Crippen LogP contribution is 2.49. The first kappa shape index (κ1) is 44.2. The molecule has 10 aromatic rings. The molecule has 70 heavy (non-hydrogen) atoms. The minimum atomic E-state index is -2.62. The third-order valence-electron chi connectivity index (χ3n) is 12.0. The van der Waals surface area contributed by atoms with Gasteiger partial charge in [0.1, 0.15) is 0 Å². The number of fused-ring (bicyclic) bond motifs is 5. The van der Waals surface area contributed by atoms with Crippen LogP contribution in [0.4, 0.5) is 71.5 Å². The number of halogens is 15. The second-order valence-corrected chi connectivity index (χ2v) is 15.8. The van der Waals surface area contributed by atoms with Crippen LogP contribution in [-0.4, -0.2) is 30.9 Å². The van der Waals surface area contributed by atoms with Crippen molar-refractivity contribution in [3.8, 4) is 44.5 Å². The zero-order valence-electron chi connectivity index (χ0n) is 34.6. The van der Waals surface area contributed by atoms with Gasteiger partial charge in [-0.1, -0.05) is 12.1 Å². The average Bonchev–Trinajstić information content (AvgIpc) is 4.18. The first-order valence-corrected chi connectivity index (χ1v) is 20.4. The third kappa shape index (κ3) is 6.02. The topological polar surface area (TPSA) is 70.9 Å². The Kier molecular flexibility index (Phi) is 9.83. The number of hydrogen-bond donors (Lipinski definition) is 2. The van der Waals surface area contributed by atoms with E-state index in [4.69, 9.17) is 4.98 Å². The minimum Gasteiger partial charge on any atom is -0.385 e. The lowest BCUT2D eigenvalue weighted by atomic mass is 9.93. The quantitative estimate of drug-likeness (QED) is 0.0989. The largest absolute Gasteiger partial charge is 0.385 e. The number of nitrogens with one attached hydrogen (secondary N) is 2. The van der Waals surface area contributed by atoms with Gasteiger partial charge in [0.2, 0.25) is 17.5 Å². The van der Waals surface area contributed by atoms with Crippen LogP contribution in [0.25, 0.3) is 106 Å². The summed E-state index contributed by atoms with van der Waals surface area (Å²) in [7, 11) is 0. The molecule has 2 N–H and O–H groups in total. The van der Waals surface area contributed by atoms with Crippen LogP contribution in [-0.2, 0) is 0 Å². The Balaban J connectivity index is 1.54. The molecular weight excluding hydrogens is 958 g/mol. The van der Waals surface area contributed by atoms with E-state index in [1.165, 1.54) is 53.2 Å². The fraction of sp³-hybridized carbons (Fsp3) is 0.0408. The fourth-order valence-electron chi connectivity index (χ4n) is 8.99. The van der Waals surface area contributed by atoms with Crippen LogP contribution in [0.3, 0.4) is 0 Å². The molecule has 6 nitrogen and oxygen atoms in total. The summed E-state index contributed by atoms with van der Waals surface area (Å²) in [6, 6.07) is 10.2. The highest BCUT2D eigenvalue weighted by molar-refractivity contribution is 6.28. The van der Waals surface area contributed by atoms with E-state index in [0.717, 1.165) is 24.3 Å². The summed E-state index contributed by atoms with van der Waals surface area (Å²) in [5.74, 6) is -37.6. The summed E-state index contributed by atoms with van der Waals surface area (Å²) in [6.45, 7) is 2.13. The lowest BCUT2D eigenvalue weighted by Crippen LogP contribution is -2.06. The van der Waals surface area contributed by atoms with Gasteiger partial charge in [-0.05, 0) is 61.0 Å². The van der Waals surface area contributed by atoms with Gasteiger partial charge in [0.15, 0.2) is 69.8 Å². The molecule has 0 saturated heterocycles. The van der Waals surface area contributed by atoms with Crippen LogP contribution in [0.2, 0.25) is 0 Å². The van der Waals surface area contributed by atoms with Crippen LogP contribution in [0.1, 0.15) is 18.3 Å². The molecule has 6 aromatic heterocycles. The van der Waals surface area contributed by atoms with E-state index in [9.17, 15) is 13.2 Å². The standard InChI is InChI=1S/C49H19F15N6/c1-2-65-16-5-3-15(4-6-16)23-28-27-21-11-13-70-14-12-22(49(27)70)69-47(23)25(30-34(52)40(58)45(63)41(59)35(30)53)19-9-7-17(66-19)24(29-32(50)38(56)44(62)39(57)33(29)51)18-8-10-20(67-18)26(48(28)68-21)31-36(54)42(60)46(64)43(61)37(31)55/h3-14,65,67H,2H2,1H3. The van der Waals surface area contributed by atoms with Crippen molar-refractivity contribution in [2.75, 3.05) is 11.9 Å². The van der Waals surface area contributed by atoms with Crippen LogP contribution in [0.5, 0.6) is 0 Å². The molecule has 0 unspecified atom stereocenters. The number of H-pyrrole nitrogens is 1. The predicted octanol–water partition coefficient (Wildman–Crippen LogP) is 14.3. The van der Waals surface area contributed by atoms with Gasteiger partial charge in [0.25, 0.3) is 0 Å². The van der Waals surface area contributed by atoms with Gasteiger partial charge in [0.05, 0.1) is 55.7 Å². The Morgan fingerprint density at radius 1 is 0.414 bits per heavy atom. The zero-order chi connectivity index (χ0) is 49.5. The lowest BCUT2D eigenvalue weighted by molar-refractivity contribution is 0.381. The number of anilines is 1. The summed E-state index contributed by atoms with van der Waals surface area (Å²) in [6.07, 6.45) is 4.51. The van der Waals surface area contributed by atoms with E-state index in [2.05, 4.69) is 20.3 Å². The molecule has 0 amide bonds. The molecule has 0 aliphatic carbocycles. The zero-order valence-corrected chi connectivity index (χ0v) is 34.6. The summed E-state index contributed by atoms with van der Waals surface area (Å²) in [5.41, 5.74) is -13.0. The SMILES string of the molecule is CCNc1ccc(-c2c3nc4ccn5ccc6nc(c(-c7c(F)c(F)c(F)c(F)c7F)c7ccc([nH]7)c(-c7c(F)c(F)c(F)c(F)c7F)c7nc(c3-c3c(F)c(F)c(F)c(F)c3F)C=C7)c2c6c45)cc1. The second kappa shape index (κ2) is 15.6. The Bertz CT molecular complexity index is 4000. The highest BCUT2D eigenvalue weighted by atomic mass is 19.2. The van der Waals surface area contributed by atoms with E-state index in [-0.39, 0.29) is 32.9 Å². The van der Waals surface area contributed by atoms with E-state index in [1.54, 1.807) is 6.92 Å². The monoisotopic (exact) mass is 976 g/mol. The molecule has 11 rings (SSSR count). The number of benzene rings is 4. The van der Waals surface area contributed by atoms with Crippen LogP contribution in [0.15, 0.2) is 60.9 Å². The number of pyridine rings is 1. The molecule has 0 fully saturated rings. The van der Waals surface area contributed by atoms with E-state index >= 15 is 52.7 Å². The van der Waals surface area contributed by atoms with Gasteiger partial charge in [0, 0.05) is 68.7 Å². The number of aromatic nitrogens is 5. The minimum absolute atomic E-state index is 0.0217. The maximum atomic E-state index is 16.7. The van der Waals surface area contributed by atoms with Gasteiger partial charge >= 0.3 is 0 Å². The van der Waals surface area contributed by atoms with Gasteiger partial charge in [-0.25, -0.2) is 80.8 Å². The summed E-state index contributed by atoms with van der Waals surface area (Å²) in [5, 5.41) is 2.66. The fourth-order valence-corrected chi connectivity index (χ4v) is 8.99. The number of hydrogen-bond acceptors (Lipinski definition) is 4. The molecule has 7 heterocycles. The van der Waals surface area contributed by atoms with Crippen LogP contribution in [0, 0.1) is 87.3 Å². The average molecular weight is 977 g/mol. The smallest absolute Gasteiger partial charge is 0.200 e. The predicted molar refractivity (Wildman–Crippen MR) is 228 cm³/mol. The van der Waals surface area contributed by atoms with Crippen LogP contribution < -0.4 is 5.32 Å². The first-order valence-electron chi connectivity index (χ1n) is 20.4. The van der Waals surface area contributed by atoms with Gasteiger partial charge < -0.3 is 14.7 Å². The van der Waals surface area contributed by atoms with E-state index in [1.807, 2.05) is 0 Å². The highest BCUT2D eigenvalue weighted by Gasteiger charge is 2.35. The molecular formula is C49H19F15N6. The molecule has 21 heteroatoms. The Morgan fingerprint density at radius 2 is 0.843 bits per heavy atom.